The van der Waals surface area contributed by atoms with Crippen molar-refractivity contribution in [2.75, 3.05) is 14.2 Å². The van der Waals surface area contributed by atoms with Gasteiger partial charge in [0, 0.05) is 68.1 Å². The molecule has 3 aliphatic rings. The minimum atomic E-state index is -2.10. The van der Waals surface area contributed by atoms with Gasteiger partial charge in [0.15, 0.2) is 11.6 Å². The van der Waals surface area contributed by atoms with Crippen LogP contribution in [0.3, 0.4) is 0 Å². The molecule has 14 atom stereocenters. The first-order chi connectivity index (χ1) is 29.6. The minimum absolute atomic E-state index is 0.0618. The molecular weight excluding hydrogens is 815 g/mol. The largest absolute Gasteiger partial charge is 0.510 e. The van der Waals surface area contributed by atoms with Crippen LogP contribution in [0, 0.1) is 35.5 Å². The highest BCUT2D eigenvalue weighted by molar-refractivity contribution is 6.04. The number of carbonyl (C=O) groups is 4. The Bertz CT molecular complexity index is 1830. The van der Waals surface area contributed by atoms with Crippen LogP contribution in [-0.4, -0.2) is 112 Å². The molecule has 3 rings (SSSR count). The summed E-state index contributed by atoms with van der Waals surface area (Å²) in [6.07, 6.45) is 7.80. The van der Waals surface area contributed by atoms with E-state index in [9.17, 15) is 44.7 Å². The highest BCUT2D eigenvalue weighted by Gasteiger charge is 2.52. The van der Waals surface area contributed by atoms with E-state index in [0.29, 0.717) is 18.4 Å². The Morgan fingerprint density at radius 3 is 2.33 bits per heavy atom. The van der Waals surface area contributed by atoms with Gasteiger partial charge in [-0.25, -0.2) is 9.59 Å². The van der Waals surface area contributed by atoms with Crippen LogP contribution in [0.5, 0.6) is 0 Å². The third kappa shape index (κ3) is 14.1. The standard InChI is InChI=1S/C48H71NO14/c1-12-15-36-30(7)39(61-41(53)21-20-40(52)49-42-34(50)18-19-35(42)51)25-48(58,63-36)32(9)45(56)31(8)46-37(59-10)17-14-16-26(3)22-28(5)43(54)33(13-2)44(55)29(6)23-27(4)24-38(60-11)47(57)62-46/h12,14-17,20-21,23-24,28-33,36-37,39,43-46,50,54-56,58H,13,18-19,22,25H2,1-11H3,(H,49,52)/b15-12+,17-14+,21-20+,26-16+,27-23+,38-24-/t28-,29+,30-,31-,32+,33+,36-,37+,39-,43-,44-,45+,46-,48-/m1/s1. The van der Waals surface area contributed by atoms with Gasteiger partial charge in [0.25, 0.3) is 0 Å². The predicted octanol–water partition coefficient (Wildman–Crippen LogP) is 5.36. The van der Waals surface area contributed by atoms with Crippen LogP contribution in [0.1, 0.15) is 94.4 Å². The number of methoxy groups -OCH3 is 2. The zero-order valence-corrected chi connectivity index (χ0v) is 38.6. The van der Waals surface area contributed by atoms with Crippen LogP contribution in [0.15, 0.2) is 83.0 Å². The van der Waals surface area contributed by atoms with Gasteiger partial charge in [0.05, 0.1) is 31.5 Å². The lowest BCUT2D eigenvalue weighted by Crippen LogP contribution is -2.58. The summed E-state index contributed by atoms with van der Waals surface area (Å²) in [5.41, 5.74) is 1.32. The highest BCUT2D eigenvalue weighted by Crippen LogP contribution is 2.41. The summed E-state index contributed by atoms with van der Waals surface area (Å²) in [6.45, 7) is 16.1. The van der Waals surface area contributed by atoms with Crippen molar-refractivity contribution >= 4 is 23.6 Å². The first kappa shape index (κ1) is 53.0. The number of esters is 2. The van der Waals surface area contributed by atoms with E-state index in [0.717, 1.165) is 17.7 Å². The molecule has 6 N–H and O–H groups in total. The van der Waals surface area contributed by atoms with Crippen molar-refractivity contribution in [1.82, 2.24) is 5.32 Å². The van der Waals surface area contributed by atoms with Gasteiger partial charge < -0.3 is 54.5 Å². The van der Waals surface area contributed by atoms with E-state index in [1.165, 1.54) is 20.3 Å². The predicted molar refractivity (Wildman–Crippen MR) is 235 cm³/mol. The molecule has 1 amide bonds. The number of allylic oxidation sites excluding steroid dienone is 8. The van der Waals surface area contributed by atoms with E-state index in [1.807, 2.05) is 33.8 Å². The summed E-state index contributed by atoms with van der Waals surface area (Å²) in [4.78, 5) is 51.4. The average Bonchev–Trinajstić information content (AvgIpc) is 3.55. The number of rotatable bonds is 12. The number of aliphatic hydroxyl groups excluding tert-OH is 4. The number of cyclic esters (lactones) is 1. The molecule has 2 aliphatic heterocycles. The van der Waals surface area contributed by atoms with Gasteiger partial charge in [-0.15, -0.1) is 0 Å². The second kappa shape index (κ2) is 24.1. The number of amides is 1. The van der Waals surface area contributed by atoms with Crippen molar-refractivity contribution in [3.05, 3.63) is 83.0 Å². The van der Waals surface area contributed by atoms with Crippen molar-refractivity contribution in [2.24, 2.45) is 35.5 Å². The monoisotopic (exact) mass is 885 g/mol. The number of ether oxygens (including phenoxy) is 5. The van der Waals surface area contributed by atoms with Crippen molar-refractivity contribution in [2.45, 2.75) is 143 Å². The van der Waals surface area contributed by atoms with Gasteiger partial charge in [-0.1, -0.05) is 89.1 Å². The SMILES string of the molecule is C/C=C/[C@H]1O[C@@](O)([C@@H](C)[C@@H](O)[C@@H](C)[C@H]2OC(=O)/C(OC)=C/C(C)=C/[C@H](C)[C@@H](O)[C@@H](CC)[C@H](O)[C@H](C)C/C(C)=C/C=C/[C@@H]2OC)C[C@@H](OC(=O)/C=C/C(=O)NC2=C(O)CCC2=O)[C@@H]1C. The lowest BCUT2D eigenvalue weighted by atomic mass is 9.77. The maximum atomic E-state index is 13.9. The number of hydrogen-bond acceptors (Lipinski definition) is 14. The van der Waals surface area contributed by atoms with Gasteiger partial charge in [-0.2, -0.15) is 0 Å². The van der Waals surface area contributed by atoms with Crippen LogP contribution < -0.4 is 5.32 Å². The lowest BCUT2D eigenvalue weighted by Gasteiger charge is -2.48. The van der Waals surface area contributed by atoms with Crippen LogP contribution in [0.25, 0.3) is 0 Å². The number of ketones is 1. The summed E-state index contributed by atoms with van der Waals surface area (Å²) in [7, 11) is 2.75. The maximum Gasteiger partial charge on any atom is 0.373 e. The molecule has 1 fully saturated rings. The second-order valence-electron chi connectivity index (χ2n) is 17.4. The molecule has 0 spiro atoms. The molecule has 0 unspecified atom stereocenters. The van der Waals surface area contributed by atoms with E-state index >= 15 is 0 Å². The Balaban J connectivity index is 1.97. The lowest BCUT2D eigenvalue weighted by molar-refractivity contribution is -0.314. The highest BCUT2D eigenvalue weighted by atomic mass is 16.6. The third-order valence-corrected chi connectivity index (χ3v) is 12.6. The number of hydrogen-bond donors (Lipinski definition) is 6. The quantitative estimate of drug-likeness (QED) is 0.0825. The minimum Gasteiger partial charge on any atom is -0.510 e. The molecule has 63 heavy (non-hydrogen) atoms. The van der Waals surface area contributed by atoms with E-state index in [1.54, 1.807) is 65.0 Å². The van der Waals surface area contributed by atoms with Crippen LogP contribution in [-0.2, 0) is 42.9 Å². The molecule has 0 aromatic heterocycles. The first-order valence-corrected chi connectivity index (χ1v) is 21.9. The molecule has 0 saturated carbocycles. The fourth-order valence-electron chi connectivity index (χ4n) is 8.59. The number of carbonyl (C=O) groups excluding carboxylic acids is 4. The smallest absolute Gasteiger partial charge is 0.373 e. The summed E-state index contributed by atoms with van der Waals surface area (Å²) < 4.78 is 29.5. The molecule has 0 radical (unpaired) electrons. The molecular formula is C48H71NO14. The zero-order chi connectivity index (χ0) is 47.3. The van der Waals surface area contributed by atoms with E-state index in [4.69, 9.17) is 23.7 Å². The van der Waals surface area contributed by atoms with Gasteiger partial charge in [-0.05, 0) is 45.6 Å². The van der Waals surface area contributed by atoms with Gasteiger partial charge >= 0.3 is 11.9 Å². The van der Waals surface area contributed by atoms with Crippen molar-refractivity contribution in [1.29, 1.82) is 0 Å². The number of Topliss-reactive ketones (excluding diaryl/α,β-unsaturated/α-hetero) is 1. The molecule has 2 heterocycles. The molecule has 15 nitrogen and oxygen atoms in total. The fourth-order valence-corrected chi connectivity index (χ4v) is 8.59. The van der Waals surface area contributed by atoms with Gasteiger partial charge in [-0.3, -0.25) is 9.59 Å². The number of nitrogens with one attached hydrogen (secondary N) is 1. The Morgan fingerprint density at radius 1 is 1.06 bits per heavy atom. The third-order valence-electron chi connectivity index (χ3n) is 12.6. The number of aliphatic hydroxyl groups is 5. The van der Waals surface area contributed by atoms with E-state index in [2.05, 4.69) is 5.32 Å². The van der Waals surface area contributed by atoms with Crippen molar-refractivity contribution < 1.29 is 68.4 Å². The van der Waals surface area contributed by atoms with Gasteiger partial charge in [0.1, 0.15) is 29.8 Å². The van der Waals surface area contributed by atoms with E-state index < -0.39 is 95.8 Å². The normalized spacial score (nSPS) is 36.4. The Hall–Kier alpha value is -4.38. The van der Waals surface area contributed by atoms with Crippen LogP contribution in [0.2, 0.25) is 0 Å². The Labute approximate surface area is 372 Å². The summed E-state index contributed by atoms with van der Waals surface area (Å²) in [6, 6.07) is 0. The Kier molecular flexibility index (Phi) is 20.2. The second-order valence-corrected chi connectivity index (χ2v) is 17.4. The summed E-state index contributed by atoms with van der Waals surface area (Å²) >= 11 is 0. The van der Waals surface area contributed by atoms with Crippen LogP contribution in [0.4, 0.5) is 0 Å². The van der Waals surface area contributed by atoms with Gasteiger partial charge in [0.2, 0.25) is 11.7 Å². The molecule has 352 valence electrons. The summed E-state index contributed by atoms with van der Waals surface area (Å²) in [5, 5.41) is 59.2. The fraction of sp³-hybridized carbons (Fsp3) is 0.625. The van der Waals surface area contributed by atoms with Crippen molar-refractivity contribution in [3.8, 4) is 0 Å². The average molecular weight is 886 g/mol. The molecule has 1 saturated heterocycles. The first-order valence-electron chi connectivity index (χ1n) is 21.9. The topological polar surface area (TPSA) is 228 Å². The van der Waals surface area contributed by atoms with Crippen molar-refractivity contribution in [3.63, 3.8) is 0 Å². The molecule has 0 aromatic rings. The van der Waals surface area contributed by atoms with Crippen LogP contribution >= 0.6 is 0 Å². The molecule has 15 heteroatoms. The van der Waals surface area contributed by atoms with E-state index in [-0.39, 0.29) is 48.3 Å². The zero-order valence-electron chi connectivity index (χ0n) is 38.6. The Morgan fingerprint density at radius 2 is 1.75 bits per heavy atom. The molecule has 0 bridgehead atoms. The summed E-state index contributed by atoms with van der Waals surface area (Å²) in [5.74, 6) is -8.99. The molecule has 0 aromatic carbocycles. The maximum absolute atomic E-state index is 13.9. The molecule has 1 aliphatic carbocycles.